The number of amides is 1. The molecule has 1 fully saturated rings. The lowest BCUT2D eigenvalue weighted by Crippen LogP contribution is -2.46. The zero-order valence-corrected chi connectivity index (χ0v) is 14.5. The van der Waals surface area contributed by atoms with Gasteiger partial charge in [-0.15, -0.1) is 0 Å². The van der Waals surface area contributed by atoms with Crippen LogP contribution in [0, 0.1) is 6.92 Å². The number of rotatable bonds is 1. The van der Waals surface area contributed by atoms with Crippen molar-refractivity contribution in [2.45, 2.75) is 51.8 Å². The fourth-order valence-electron chi connectivity index (χ4n) is 3.11. The van der Waals surface area contributed by atoms with Gasteiger partial charge in [0.2, 0.25) is 0 Å². The Bertz CT molecular complexity index is 753. The number of hydrogen-bond acceptors (Lipinski definition) is 4. The smallest absolute Gasteiger partial charge is 0.410 e. The minimum Gasteiger partial charge on any atom is -0.444 e. The average Bonchev–Trinajstić information content (AvgIpc) is 2.91. The Morgan fingerprint density at radius 3 is 2.83 bits per heavy atom. The molecule has 0 radical (unpaired) electrons. The molecular formula is C17H23FN4O2. The quantitative estimate of drug-likeness (QED) is 0.804. The monoisotopic (exact) mass is 334 g/mol. The normalized spacial score (nSPS) is 22.0. The second kappa shape index (κ2) is 6.03. The van der Waals surface area contributed by atoms with Crippen LogP contribution in [-0.2, 0) is 4.74 Å². The fraction of sp³-hybridized carbons (Fsp3) is 0.588. The minimum atomic E-state index is -1.13. The van der Waals surface area contributed by atoms with Gasteiger partial charge in [0.25, 0.3) is 0 Å². The average molecular weight is 334 g/mol. The van der Waals surface area contributed by atoms with E-state index in [9.17, 15) is 9.18 Å². The SMILES string of the molecule is Cc1cc2ncnn2cc1[C@@H]1CCN(C(=O)OC(C)(C)C)C[C@H]1F. The molecule has 3 heterocycles. The van der Waals surface area contributed by atoms with Crippen molar-refractivity contribution < 1.29 is 13.9 Å². The van der Waals surface area contributed by atoms with E-state index in [-0.39, 0.29) is 12.5 Å². The largest absolute Gasteiger partial charge is 0.444 e. The number of aryl methyl sites for hydroxylation is 1. The van der Waals surface area contributed by atoms with Crippen molar-refractivity contribution in [1.29, 1.82) is 0 Å². The van der Waals surface area contributed by atoms with E-state index in [1.54, 1.807) is 25.3 Å². The Hall–Kier alpha value is -2.18. The lowest BCUT2D eigenvalue weighted by molar-refractivity contribution is 0.0111. The predicted octanol–water partition coefficient (Wildman–Crippen LogP) is 3.10. The van der Waals surface area contributed by atoms with Crippen molar-refractivity contribution in [1.82, 2.24) is 19.5 Å². The van der Waals surface area contributed by atoms with Gasteiger partial charge >= 0.3 is 6.09 Å². The van der Waals surface area contributed by atoms with E-state index in [2.05, 4.69) is 10.1 Å². The number of alkyl halides is 1. The van der Waals surface area contributed by atoms with Crippen molar-refractivity contribution >= 4 is 11.7 Å². The second-order valence-corrected chi connectivity index (χ2v) is 7.31. The summed E-state index contributed by atoms with van der Waals surface area (Å²) in [7, 11) is 0. The molecule has 0 aliphatic carbocycles. The van der Waals surface area contributed by atoms with Gasteiger partial charge in [-0.2, -0.15) is 5.10 Å². The van der Waals surface area contributed by atoms with Gasteiger partial charge in [0, 0.05) is 18.7 Å². The molecule has 1 aliphatic rings. The topological polar surface area (TPSA) is 59.7 Å². The number of aromatic nitrogens is 3. The number of fused-ring (bicyclic) bond motifs is 1. The molecule has 0 bridgehead atoms. The molecular weight excluding hydrogens is 311 g/mol. The van der Waals surface area contributed by atoms with Crippen molar-refractivity contribution in [3.8, 4) is 0 Å². The molecule has 0 spiro atoms. The lowest BCUT2D eigenvalue weighted by Gasteiger charge is -2.36. The van der Waals surface area contributed by atoms with Gasteiger partial charge in [0.05, 0.1) is 6.54 Å². The zero-order valence-electron chi connectivity index (χ0n) is 14.5. The third kappa shape index (κ3) is 3.34. The minimum absolute atomic E-state index is 0.0500. The van der Waals surface area contributed by atoms with Crippen LogP contribution in [-0.4, -0.2) is 50.5 Å². The molecule has 2 aromatic heterocycles. The van der Waals surface area contributed by atoms with E-state index in [0.29, 0.717) is 13.0 Å². The van der Waals surface area contributed by atoms with Gasteiger partial charge in [0.15, 0.2) is 5.65 Å². The highest BCUT2D eigenvalue weighted by molar-refractivity contribution is 5.68. The first-order valence-corrected chi connectivity index (χ1v) is 8.16. The van der Waals surface area contributed by atoms with Gasteiger partial charge in [-0.25, -0.2) is 18.7 Å². The van der Waals surface area contributed by atoms with Gasteiger partial charge in [0.1, 0.15) is 18.1 Å². The zero-order chi connectivity index (χ0) is 17.5. The summed E-state index contributed by atoms with van der Waals surface area (Å²) in [4.78, 5) is 17.7. The van der Waals surface area contributed by atoms with Crippen molar-refractivity contribution in [3.63, 3.8) is 0 Å². The Morgan fingerprint density at radius 1 is 1.42 bits per heavy atom. The molecule has 2 atom stereocenters. The van der Waals surface area contributed by atoms with Crippen LogP contribution in [0.3, 0.4) is 0 Å². The first-order valence-electron chi connectivity index (χ1n) is 8.16. The summed E-state index contributed by atoms with van der Waals surface area (Å²) in [6.07, 6.45) is 2.30. The summed E-state index contributed by atoms with van der Waals surface area (Å²) in [6.45, 7) is 7.91. The number of ether oxygens (including phenoxy) is 1. The summed E-state index contributed by atoms with van der Waals surface area (Å²) in [5.74, 6) is -0.253. The summed E-state index contributed by atoms with van der Waals surface area (Å²) in [5, 5.41) is 4.12. The van der Waals surface area contributed by atoms with Crippen LogP contribution in [0.25, 0.3) is 5.65 Å². The molecule has 1 aliphatic heterocycles. The molecule has 0 N–H and O–H groups in total. The predicted molar refractivity (Wildman–Crippen MR) is 87.8 cm³/mol. The fourth-order valence-corrected chi connectivity index (χ4v) is 3.11. The molecule has 3 rings (SSSR count). The Balaban J connectivity index is 1.75. The maximum atomic E-state index is 14.8. The number of pyridine rings is 1. The molecule has 1 amide bonds. The molecule has 0 saturated carbocycles. The molecule has 1 saturated heterocycles. The Morgan fingerprint density at radius 2 is 2.17 bits per heavy atom. The Kier molecular flexibility index (Phi) is 4.19. The highest BCUT2D eigenvalue weighted by Gasteiger charge is 2.35. The maximum Gasteiger partial charge on any atom is 0.410 e. The maximum absolute atomic E-state index is 14.8. The van der Waals surface area contributed by atoms with Gasteiger partial charge < -0.3 is 9.64 Å². The van der Waals surface area contributed by atoms with E-state index in [4.69, 9.17) is 4.74 Å². The molecule has 0 unspecified atom stereocenters. The summed E-state index contributed by atoms with van der Waals surface area (Å²) < 4.78 is 21.8. The van der Waals surface area contributed by atoms with Gasteiger partial charge in [-0.1, -0.05) is 0 Å². The number of nitrogens with zero attached hydrogens (tertiary/aromatic N) is 4. The second-order valence-electron chi connectivity index (χ2n) is 7.31. The highest BCUT2D eigenvalue weighted by atomic mass is 19.1. The highest BCUT2D eigenvalue weighted by Crippen LogP contribution is 2.33. The van der Waals surface area contributed by atoms with Crippen molar-refractivity contribution in [2.75, 3.05) is 13.1 Å². The molecule has 7 heteroatoms. The van der Waals surface area contributed by atoms with E-state index in [1.807, 2.05) is 19.2 Å². The standard InChI is InChI=1S/C17H23FN4O2/c1-11-7-15-19-10-20-22(15)8-13(11)12-5-6-21(9-14(12)18)16(23)24-17(2,3)4/h7-8,10,12,14H,5-6,9H2,1-4H3/t12-,14+/m0/s1. The third-order valence-electron chi connectivity index (χ3n) is 4.26. The molecule has 6 nitrogen and oxygen atoms in total. The third-order valence-corrected chi connectivity index (χ3v) is 4.26. The van der Waals surface area contributed by atoms with Crippen LogP contribution in [0.2, 0.25) is 0 Å². The molecule has 130 valence electrons. The summed E-state index contributed by atoms with van der Waals surface area (Å²) in [5.41, 5.74) is 2.09. The van der Waals surface area contributed by atoms with Crippen LogP contribution in [0.1, 0.15) is 44.2 Å². The Labute approximate surface area is 140 Å². The van der Waals surface area contributed by atoms with Crippen LogP contribution in [0.15, 0.2) is 18.6 Å². The van der Waals surface area contributed by atoms with Crippen molar-refractivity contribution in [2.24, 2.45) is 0 Å². The van der Waals surface area contributed by atoms with Crippen LogP contribution < -0.4 is 0 Å². The van der Waals surface area contributed by atoms with E-state index < -0.39 is 17.9 Å². The van der Waals surface area contributed by atoms with Crippen LogP contribution >= 0.6 is 0 Å². The first kappa shape index (κ1) is 16.7. The summed E-state index contributed by atoms with van der Waals surface area (Å²) in [6, 6.07) is 1.91. The van der Waals surface area contributed by atoms with Crippen LogP contribution in [0.4, 0.5) is 9.18 Å². The number of likely N-dealkylation sites (tertiary alicyclic amines) is 1. The number of carbonyl (C=O) groups is 1. The number of halogens is 1. The van der Waals surface area contributed by atoms with Crippen LogP contribution in [0.5, 0.6) is 0 Å². The van der Waals surface area contributed by atoms with Crippen molar-refractivity contribution in [3.05, 3.63) is 29.7 Å². The molecule has 2 aromatic rings. The summed E-state index contributed by atoms with van der Waals surface area (Å²) >= 11 is 0. The lowest BCUT2D eigenvalue weighted by atomic mass is 9.86. The van der Waals surface area contributed by atoms with E-state index in [0.717, 1.165) is 16.8 Å². The number of hydrogen-bond donors (Lipinski definition) is 0. The molecule has 0 aromatic carbocycles. The number of piperidine rings is 1. The van der Waals surface area contributed by atoms with Gasteiger partial charge in [-0.3, -0.25) is 0 Å². The van der Waals surface area contributed by atoms with E-state index >= 15 is 0 Å². The molecule has 24 heavy (non-hydrogen) atoms. The first-order chi connectivity index (χ1) is 11.2. The van der Waals surface area contributed by atoms with Gasteiger partial charge in [-0.05, 0) is 51.3 Å². The number of carbonyl (C=O) groups excluding carboxylic acids is 1. The van der Waals surface area contributed by atoms with E-state index in [1.165, 1.54) is 11.2 Å².